The Morgan fingerprint density at radius 2 is 1.89 bits per heavy atom. The highest BCUT2D eigenvalue weighted by Crippen LogP contribution is 2.34. The van der Waals surface area contributed by atoms with E-state index in [0.717, 1.165) is 38.8 Å². The van der Waals surface area contributed by atoms with Gasteiger partial charge in [0.1, 0.15) is 0 Å². The van der Waals surface area contributed by atoms with E-state index in [2.05, 4.69) is 38.1 Å². The number of rotatable bonds is 5. The fourth-order valence-electron chi connectivity index (χ4n) is 2.91. The number of benzene rings is 1. The lowest BCUT2D eigenvalue weighted by Gasteiger charge is -2.25. The normalized spacial score (nSPS) is 17.6. The number of aryl methyl sites for hydroxylation is 1. The van der Waals surface area contributed by atoms with Gasteiger partial charge in [0.25, 0.3) is 0 Å². The highest BCUT2D eigenvalue weighted by Gasteiger charge is 2.30. The molecule has 0 spiro atoms. The van der Waals surface area contributed by atoms with Crippen LogP contribution >= 0.6 is 0 Å². The van der Waals surface area contributed by atoms with Gasteiger partial charge in [0.15, 0.2) is 0 Å². The van der Waals surface area contributed by atoms with Crippen LogP contribution in [0.4, 0.5) is 0 Å². The van der Waals surface area contributed by atoms with Crippen molar-refractivity contribution in [3.63, 3.8) is 0 Å². The zero-order chi connectivity index (χ0) is 13.0. The molecular formula is C16H23NO. The van der Waals surface area contributed by atoms with E-state index < -0.39 is 0 Å². The van der Waals surface area contributed by atoms with E-state index in [1.165, 1.54) is 11.1 Å². The Morgan fingerprint density at radius 3 is 2.56 bits per heavy atom. The quantitative estimate of drug-likeness (QED) is 0.779. The van der Waals surface area contributed by atoms with Crippen molar-refractivity contribution in [1.82, 2.24) is 4.90 Å². The Bertz CT molecular complexity index is 407. The van der Waals surface area contributed by atoms with Crippen LogP contribution in [0.5, 0.6) is 0 Å². The van der Waals surface area contributed by atoms with Crippen LogP contribution < -0.4 is 0 Å². The van der Waals surface area contributed by atoms with Crippen LogP contribution in [0.15, 0.2) is 24.3 Å². The molecular weight excluding hydrogens is 222 g/mol. The second-order valence-electron chi connectivity index (χ2n) is 5.12. The maximum absolute atomic E-state index is 12.6. The largest absolute Gasteiger partial charge is 0.342 e. The third-order valence-corrected chi connectivity index (χ3v) is 3.73. The van der Waals surface area contributed by atoms with E-state index >= 15 is 0 Å². The molecule has 0 aliphatic heterocycles. The average Bonchev–Trinajstić information content (AvgIpc) is 2.81. The minimum Gasteiger partial charge on any atom is -0.342 e. The fourth-order valence-corrected chi connectivity index (χ4v) is 2.91. The summed E-state index contributed by atoms with van der Waals surface area (Å²) in [6.45, 7) is 6.06. The zero-order valence-electron chi connectivity index (χ0n) is 11.5. The van der Waals surface area contributed by atoms with Gasteiger partial charge < -0.3 is 4.90 Å². The molecule has 2 rings (SSSR count). The lowest BCUT2D eigenvalue weighted by molar-refractivity contribution is -0.132. The van der Waals surface area contributed by atoms with Crippen LogP contribution in [0.25, 0.3) is 0 Å². The predicted molar refractivity (Wildman–Crippen MR) is 74.7 cm³/mol. The van der Waals surface area contributed by atoms with Crippen LogP contribution in [-0.4, -0.2) is 23.9 Å². The van der Waals surface area contributed by atoms with Gasteiger partial charge in [-0.1, -0.05) is 38.1 Å². The topological polar surface area (TPSA) is 20.3 Å². The van der Waals surface area contributed by atoms with Crippen LogP contribution in [0.3, 0.4) is 0 Å². The van der Waals surface area contributed by atoms with Gasteiger partial charge in [-0.25, -0.2) is 0 Å². The van der Waals surface area contributed by atoms with Crippen LogP contribution in [0.1, 0.15) is 50.2 Å². The molecule has 1 unspecified atom stereocenters. The molecule has 0 aromatic heterocycles. The van der Waals surface area contributed by atoms with Crippen molar-refractivity contribution >= 4 is 5.91 Å². The van der Waals surface area contributed by atoms with E-state index in [9.17, 15) is 4.79 Å². The molecule has 98 valence electrons. The molecule has 1 amide bonds. The maximum atomic E-state index is 12.6. The number of nitrogens with zero attached hydrogens (tertiary/aromatic N) is 1. The van der Waals surface area contributed by atoms with Gasteiger partial charge >= 0.3 is 0 Å². The van der Waals surface area contributed by atoms with Crippen molar-refractivity contribution in [3.05, 3.63) is 35.4 Å². The molecule has 2 heteroatoms. The highest BCUT2D eigenvalue weighted by molar-refractivity contribution is 5.85. The molecule has 2 nitrogen and oxygen atoms in total. The average molecular weight is 245 g/mol. The van der Waals surface area contributed by atoms with Gasteiger partial charge in [0.2, 0.25) is 5.91 Å². The van der Waals surface area contributed by atoms with Gasteiger partial charge in [0, 0.05) is 13.1 Å². The molecule has 1 aromatic carbocycles. The molecule has 1 aromatic rings. The molecule has 0 N–H and O–H groups in total. The smallest absolute Gasteiger partial charge is 0.230 e. The van der Waals surface area contributed by atoms with Gasteiger partial charge in [-0.15, -0.1) is 0 Å². The molecule has 18 heavy (non-hydrogen) atoms. The zero-order valence-corrected chi connectivity index (χ0v) is 11.5. The van der Waals surface area contributed by atoms with E-state index in [1.54, 1.807) is 0 Å². The van der Waals surface area contributed by atoms with E-state index in [-0.39, 0.29) is 5.92 Å². The Labute approximate surface area is 110 Å². The van der Waals surface area contributed by atoms with Crippen molar-refractivity contribution in [2.75, 3.05) is 13.1 Å². The number of fused-ring (bicyclic) bond motifs is 1. The molecule has 1 aliphatic carbocycles. The Morgan fingerprint density at radius 1 is 1.22 bits per heavy atom. The lowest BCUT2D eigenvalue weighted by atomic mass is 9.99. The maximum Gasteiger partial charge on any atom is 0.230 e. The van der Waals surface area contributed by atoms with E-state index in [1.807, 2.05) is 4.90 Å². The van der Waals surface area contributed by atoms with Crippen molar-refractivity contribution < 1.29 is 4.79 Å². The Hall–Kier alpha value is -1.31. The molecule has 1 atom stereocenters. The van der Waals surface area contributed by atoms with Crippen LogP contribution in [-0.2, 0) is 11.2 Å². The van der Waals surface area contributed by atoms with Crippen molar-refractivity contribution in [3.8, 4) is 0 Å². The summed E-state index contributed by atoms with van der Waals surface area (Å²) in [4.78, 5) is 14.7. The second kappa shape index (κ2) is 6.03. The van der Waals surface area contributed by atoms with Gasteiger partial charge in [-0.3, -0.25) is 4.79 Å². The first kappa shape index (κ1) is 13.1. The number of carbonyl (C=O) groups excluding carboxylic acids is 1. The minimum atomic E-state index is 0.110. The van der Waals surface area contributed by atoms with Crippen molar-refractivity contribution in [2.45, 2.75) is 45.4 Å². The van der Waals surface area contributed by atoms with Crippen LogP contribution in [0, 0.1) is 0 Å². The monoisotopic (exact) mass is 245 g/mol. The summed E-state index contributed by atoms with van der Waals surface area (Å²) in [6, 6.07) is 8.41. The SMILES string of the molecule is CCCN(CCC)C(=O)C1CCc2ccccc21. The predicted octanol–water partition coefficient (Wildman–Crippen LogP) is 3.37. The van der Waals surface area contributed by atoms with Crippen molar-refractivity contribution in [2.24, 2.45) is 0 Å². The third kappa shape index (κ3) is 2.58. The van der Waals surface area contributed by atoms with Gasteiger partial charge in [0.05, 0.1) is 5.92 Å². The number of carbonyl (C=O) groups is 1. The summed E-state index contributed by atoms with van der Waals surface area (Å²) in [6.07, 6.45) is 4.13. The molecule has 0 saturated carbocycles. The summed E-state index contributed by atoms with van der Waals surface area (Å²) in [5.74, 6) is 0.447. The molecule has 1 aliphatic rings. The summed E-state index contributed by atoms with van der Waals surface area (Å²) in [5.41, 5.74) is 2.63. The highest BCUT2D eigenvalue weighted by atomic mass is 16.2. The van der Waals surface area contributed by atoms with Gasteiger partial charge in [-0.05, 0) is 36.8 Å². The number of hydrogen-bond acceptors (Lipinski definition) is 1. The molecule has 0 fully saturated rings. The summed E-state index contributed by atoms with van der Waals surface area (Å²) < 4.78 is 0. The summed E-state index contributed by atoms with van der Waals surface area (Å²) in [7, 11) is 0. The molecule has 0 radical (unpaired) electrons. The van der Waals surface area contributed by atoms with E-state index in [0.29, 0.717) is 5.91 Å². The van der Waals surface area contributed by atoms with E-state index in [4.69, 9.17) is 0 Å². The van der Waals surface area contributed by atoms with Gasteiger partial charge in [-0.2, -0.15) is 0 Å². The standard InChI is InChI=1S/C16H23NO/c1-3-11-17(12-4-2)16(18)15-10-9-13-7-5-6-8-14(13)15/h5-8,15H,3-4,9-12H2,1-2H3. The molecule has 0 saturated heterocycles. The molecule has 0 bridgehead atoms. The first-order valence-corrected chi connectivity index (χ1v) is 7.14. The third-order valence-electron chi connectivity index (χ3n) is 3.73. The Balaban J connectivity index is 2.14. The fraction of sp³-hybridized carbons (Fsp3) is 0.562. The van der Waals surface area contributed by atoms with Crippen LogP contribution in [0.2, 0.25) is 0 Å². The second-order valence-corrected chi connectivity index (χ2v) is 5.12. The first-order valence-electron chi connectivity index (χ1n) is 7.14. The first-order chi connectivity index (χ1) is 8.77. The Kier molecular flexibility index (Phi) is 4.40. The minimum absolute atomic E-state index is 0.110. The summed E-state index contributed by atoms with van der Waals surface area (Å²) in [5, 5.41) is 0. The summed E-state index contributed by atoms with van der Waals surface area (Å²) >= 11 is 0. The number of amides is 1. The number of hydrogen-bond donors (Lipinski definition) is 0. The lowest BCUT2D eigenvalue weighted by Crippen LogP contribution is -2.35. The van der Waals surface area contributed by atoms with Crippen molar-refractivity contribution in [1.29, 1.82) is 0 Å². The molecule has 0 heterocycles.